The van der Waals surface area contributed by atoms with Gasteiger partial charge in [0.05, 0.1) is 0 Å². The molecule has 1 saturated heterocycles. The molecule has 1 aliphatic rings. The van der Waals surface area contributed by atoms with Gasteiger partial charge in [0, 0.05) is 23.7 Å². The first-order chi connectivity index (χ1) is 8.65. The first kappa shape index (κ1) is 11.6. The van der Waals surface area contributed by atoms with Gasteiger partial charge in [0.25, 0.3) is 0 Å². The lowest BCUT2D eigenvalue weighted by molar-refractivity contribution is 0.369. The number of aromatic nitrogens is 4. The van der Waals surface area contributed by atoms with Gasteiger partial charge in [-0.15, -0.1) is 10.2 Å². The number of piperidine rings is 1. The lowest BCUT2D eigenvalue weighted by Gasteiger charge is -2.26. The maximum atomic E-state index is 4.52. The van der Waals surface area contributed by atoms with E-state index in [1.807, 2.05) is 19.9 Å². The molecule has 0 aliphatic carbocycles. The Balaban J connectivity index is 2.07. The smallest absolute Gasteiger partial charge is 0.164 e. The maximum Gasteiger partial charge on any atom is 0.164 e. The Labute approximate surface area is 107 Å². The molecule has 2 aromatic rings. The van der Waals surface area contributed by atoms with Crippen molar-refractivity contribution in [1.29, 1.82) is 0 Å². The summed E-state index contributed by atoms with van der Waals surface area (Å²) in [6.45, 7) is 7.30. The Morgan fingerprint density at radius 3 is 2.94 bits per heavy atom. The first-order valence-electron chi connectivity index (χ1n) is 6.58. The van der Waals surface area contributed by atoms with Gasteiger partial charge in [0.1, 0.15) is 11.6 Å². The highest BCUT2D eigenvalue weighted by Crippen LogP contribution is 2.27. The van der Waals surface area contributed by atoms with E-state index < -0.39 is 0 Å². The van der Waals surface area contributed by atoms with Crippen LogP contribution >= 0.6 is 0 Å². The van der Waals surface area contributed by atoms with Crippen LogP contribution in [0.2, 0.25) is 0 Å². The van der Waals surface area contributed by atoms with Crippen LogP contribution in [0.5, 0.6) is 0 Å². The summed E-state index contributed by atoms with van der Waals surface area (Å²) in [7, 11) is 0. The predicted molar refractivity (Wildman–Crippen MR) is 69.7 cm³/mol. The largest absolute Gasteiger partial charge is 0.314 e. The van der Waals surface area contributed by atoms with Crippen LogP contribution in [0, 0.1) is 13.8 Å². The third kappa shape index (κ3) is 1.88. The van der Waals surface area contributed by atoms with Crippen LogP contribution < -0.4 is 5.32 Å². The van der Waals surface area contributed by atoms with Crippen LogP contribution in [0.15, 0.2) is 6.07 Å². The van der Waals surface area contributed by atoms with Crippen molar-refractivity contribution in [2.24, 2.45) is 0 Å². The van der Waals surface area contributed by atoms with E-state index in [2.05, 4.69) is 31.8 Å². The SMILES string of the molecule is Cc1cc2nnc(C3CCNC(C)C3)n2c(C)n1. The van der Waals surface area contributed by atoms with Crippen LogP contribution in [0.1, 0.15) is 43.0 Å². The molecule has 1 N–H and O–H groups in total. The Morgan fingerprint density at radius 2 is 2.17 bits per heavy atom. The molecule has 0 spiro atoms. The second kappa shape index (κ2) is 4.31. The summed E-state index contributed by atoms with van der Waals surface area (Å²) in [5, 5.41) is 12.2. The third-order valence-electron chi connectivity index (χ3n) is 3.70. The average Bonchev–Trinajstić information content (AvgIpc) is 2.72. The van der Waals surface area contributed by atoms with Crippen molar-refractivity contribution in [2.45, 2.75) is 45.6 Å². The zero-order valence-corrected chi connectivity index (χ0v) is 11.1. The van der Waals surface area contributed by atoms with Gasteiger partial charge in [-0.2, -0.15) is 0 Å². The average molecular weight is 245 g/mol. The monoisotopic (exact) mass is 245 g/mol. The minimum Gasteiger partial charge on any atom is -0.314 e. The van der Waals surface area contributed by atoms with E-state index in [4.69, 9.17) is 0 Å². The van der Waals surface area contributed by atoms with Gasteiger partial charge < -0.3 is 5.32 Å². The lowest BCUT2D eigenvalue weighted by Crippen LogP contribution is -2.35. The number of nitrogens with one attached hydrogen (secondary N) is 1. The molecule has 3 rings (SSSR count). The maximum absolute atomic E-state index is 4.52. The van der Waals surface area contributed by atoms with E-state index in [0.29, 0.717) is 12.0 Å². The Hall–Kier alpha value is -1.49. The quantitative estimate of drug-likeness (QED) is 0.829. The minimum atomic E-state index is 0.486. The van der Waals surface area contributed by atoms with Crippen molar-refractivity contribution in [3.63, 3.8) is 0 Å². The van der Waals surface area contributed by atoms with Crippen molar-refractivity contribution in [2.75, 3.05) is 6.54 Å². The molecule has 5 nitrogen and oxygen atoms in total. The molecule has 0 bridgehead atoms. The summed E-state index contributed by atoms with van der Waals surface area (Å²) >= 11 is 0. The first-order valence-corrected chi connectivity index (χ1v) is 6.58. The predicted octanol–water partition coefficient (Wildman–Crippen LogP) is 1.60. The highest BCUT2D eigenvalue weighted by atomic mass is 15.3. The number of nitrogens with zero attached hydrogens (tertiary/aromatic N) is 4. The number of aryl methyl sites for hydroxylation is 2. The molecule has 1 aliphatic heterocycles. The summed E-state index contributed by atoms with van der Waals surface area (Å²) in [6, 6.07) is 2.54. The molecular formula is C13H19N5. The second-order valence-electron chi connectivity index (χ2n) is 5.27. The van der Waals surface area contributed by atoms with E-state index in [0.717, 1.165) is 42.4 Å². The van der Waals surface area contributed by atoms with Gasteiger partial charge in [0.15, 0.2) is 5.65 Å². The molecule has 1 fully saturated rings. The van der Waals surface area contributed by atoms with Gasteiger partial charge in [-0.3, -0.25) is 4.40 Å². The van der Waals surface area contributed by atoms with Crippen molar-refractivity contribution in [3.8, 4) is 0 Å². The summed E-state index contributed by atoms with van der Waals surface area (Å²) in [4.78, 5) is 4.52. The van der Waals surface area contributed by atoms with Crippen LogP contribution in [0.25, 0.3) is 5.65 Å². The molecule has 18 heavy (non-hydrogen) atoms. The minimum absolute atomic E-state index is 0.486. The van der Waals surface area contributed by atoms with Crippen LogP contribution in [0.3, 0.4) is 0 Å². The van der Waals surface area contributed by atoms with Crippen molar-refractivity contribution in [1.82, 2.24) is 24.9 Å². The van der Waals surface area contributed by atoms with Gasteiger partial charge in [-0.25, -0.2) is 4.98 Å². The Bertz CT molecular complexity index is 574. The molecule has 0 amide bonds. The van der Waals surface area contributed by atoms with Gasteiger partial charge in [-0.05, 0) is 40.2 Å². The number of hydrogen-bond acceptors (Lipinski definition) is 4. The highest BCUT2D eigenvalue weighted by molar-refractivity contribution is 5.40. The van der Waals surface area contributed by atoms with Crippen LogP contribution in [-0.4, -0.2) is 32.2 Å². The summed E-state index contributed by atoms with van der Waals surface area (Å²) < 4.78 is 2.11. The normalized spacial score (nSPS) is 24.6. The number of fused-ring (bicyclic) bond motifs is 1. The molecule has 2 unspecified atom stereocenters. The van der Waals surface area contributed by atoms with Crippen molar-refractivity contribution < 1.29 is 0 Å². The zero-order valence-electron chi connectivity index (χ0n) is 11.1. The van der Waals surface area contributed by atoms with Gasteiger partial charge in [-0.1, -0.05) is 0 Å². The van der Waals surface area contributed by atoms with E-state index in [1.54, 1.807) is 0 Å². The fourth-order valence-corrected chi connectivity index (χ4v) is 2.89. The number of hydrogen-bond donors (Lipinski definition) is 1. The Morgan fingerprint density at radius 1 is 1.33 bits per heavy atom. The molecule has 96 valence electrons. The van der Waals surface area contributed by atoms with E-state index in [-0.39, 0.29) is 0 Å². The van der Waals surface area contributed by atoms with Crippen LogP contribution in [-0.2, 0) is 0 Å². The topological polar surface area (TPSA) is 55.1 Å². The second-order valence-corrected chi connectivity index (χ2v) is 5.27. The molecule has 2 atom stereocenters. The van der Waals surface area contributed by atoms with Crippen LogP contribution in [0.4, 0.5) is 0 Å². The molecule has 0 radical (unpaired) electrons. The third-order valence-corrected chi connectivity index (χ3v) is 3.70. The molecule has 0 aromatic carbocycles. The standard InChI is InChI=1S/C13H19N5/c1-8-6-11(4-5-14-8)13-17-16-12-7-9(2)15-10(3)18(12)13/h7-8,11,14H,4-6H2,1-3H3. The summed E-state index contributed by atoms with van der Waals surface area (Å²) in [5.41, 5.74) is 1.92. The van der Waals surface area contributed by atoms with Crippen molar-refractivity contribution >= 4 is 5.65 Å². The summed E-state index contributed by atoms with van der Waals surface area (Å²) in [5.74, 6) is 2.54. The molecule has 3 heterocycles. The zero-order chi connectivity index (χ0) is 12.7. The van der Waals surface area contributed by atoms with E-state index >= 15 is 0 Å². The lowest BCUT2D eigenvalue weighted by atomic mass is 9.92. The molecular weight excluding hydrogens is 226 g/mol. The molecule has 2 aromatic heterocycles. The highest BCUT2D eigenvalue weighted by Gasteiger charge is 2.24. The van der Waals surface area contributed by atoms with Gasteiger partial charge in [0.2, 0.25) is 0 Å². The molecule has 0 saturated carbocycles. The summed E-state index contributed by atoms with van der Waals surface area (Å²) in [6.07, 6.45) is 2.24. The fourth-order valence-electron chi connectivity index (χ4n) is 2.89. The van der Waals surface area contributed by atoms with E-state index in [9.17, 15) is 0 Å². The Kier molecular flexibility index (Phi) is 2.78. The molecule has 5 heteroatoms. The fraction of sp³-hybridized carbons (Fsp3) is 0.615. The van der Waals surface area contributed by atoms with E-state index in [1.165, 1.54) is 0 Å². The van der Waals surface area contributed by atoms with Gasteiger partial charge >= 0.3 is 0 Å². The van der Waals surface area contributed by atoms with Crippen molar-refractivity contribution in [3.05, 3.63) is 23.4 Å². The number of rotatable bonds is 1.